The van der Waals surface area contributed by atoms with Crippen LogP contribution < -0.4 is 0 Å². The molecule has 1 unspecified atom stereocenters. The maximum Gasteiger partial charge on any atom is 0.254 e. The fraction of sp³-hybridized carbons (Fsp3) is 0.500. The molecule has 0 N–H and O–H groups in total. The summed E-state index contributed by atoms with van der Waals surface area (Å²) >= 11 is 3.35. The molecule has 0 spiro atoms. The third-order valence-electron chi connectivity index (χ3n) is 3.04. The highest BCUT2D eigenvalue weighted by atomic mass is 79.9. The Morgan fingerprint density at radius 1 is 1.20 bits per heavy atom. The first kappa shape index (κ1) is 11.1. The monoisotopic (exact) mass is 274 g/mol. The molecule has 0 bridgehead atoms. The van der Waals surface area contributed by atoms with Crippen LogP contribution in [0.4, 0.5) is 8.78 Å². The lowest BCUT2D eigenvalue weighted by Crippen LogP contribution is -2.30. The molecule has 1 aromatic rings. The van der Waals surface area contributed by atoms with E-state index in [0.29, 0.717) is 12.8 Å². The lowest BCUT2D eigenvalue weighted by Gasteiger charge is -2.32. The summed E-state index contributed by atoms with van der Waals surface area (Å²) in [6.45, 7) is 0. The van der Waals surface area contributed by atoms with Crippen molar-refractivity contribution in [3.05, 3.63) is 34.3 Å². The van der Waals surface area contributed by atoms with Crippen LogP contribution in [-0.2, 0) is 0 Å². The smallest absolute Gasteiger partial charge is 0.206 e. The minimum absolute atomic E-state index is 0.0268. The molecule has 15 heavy (non-hydrogen) atoms. The van der Waals surface area contributed by atoms with E-state index in [1.54, 1.807) is 6.07 Å². The van der Waals surface area contributed by atoms with Gasteiger partial charge in [0.1, 0.15) is 0 Å². The van der Waals surface area contributed by atoms with Gasteiger partial charge in [-0.2, -0.15) is 0 Å². The Morgan fingerprint density at radius 2 is 1.93 bits per heavy atom. The minimum atomic E-state index is -2.54. The van der Waals surface area contributed by atoms with Gasteiger partial charge in [0.25, 0.3) is 5.92 Å². The Balaban J connectivity index is 2.33. The summed E-state index contributed by atoms with van der Waals surface area (Å²) in [4.78, 5) is 0. The molecule has 0 nitrogen and oxygen atoms in total. The second-order valence-electron chi connectivity index (χ2n) is 4.08. The average molecular weight is 275 g/mol. The molecule has 0 radical (unpaired) electrons. The summed E-state index contributed by atoms with van der Waals surface area (Å²) < 4.78 is 28.2. The second kappa shape index (κ2) is 4.20. The average Bonchev–Trinajstić information content (AvgIpc) is 2.19. The molecule has 1 atom stereocenters. The van der Waals surface area contributed by atoms with Crippen molar-refractivity contribution in [2.75, 3.05) is 0 Å². The zero-order valence-corrected chi connectivity index (χ0v) is 9.94. The van der Waals surface area contributed by atoms with Gasteiger partial charge >= 0.3 is 0 Å². The first-order valence-corrected chi connectivity index (χ1v) is 6.03. The van der Waals surface area contributed by atoms with E-state index in [4.69, 9.17) is 0 Å². The second-order valence-corrected chi connectivity index (χ2v) is 4.94. The van der Waals surface area contributed by atoms with E-state index in [1.807, 2.05) is 18.2 Å². The summed E-state index contributed by atoms with van der Waals surface area (Å²) in [5, 5.41) is 0. The number of rotatable bonds is 1. The van der Waals surface area contributed by atoms with Crippen LogP contribution in [0.1, 0.15) is 37.2 Å². The number of halogens is 3. The van der Waals surface area contributed by atoms with Crippen molar-refractivity contribution in [1.82, 2.24) is 0 Å². The fourth-order valence-corrected chi connectivity index (χ4v) is 2.80. The van der Waals surface area contributed by atoms with Gasteiger partial charge in [-0.25, -0.2) is 8.78 Å². The maximum atomic E-state index is 13.7. The predicted molar refractivity (Wildman–Crippen MR) is 60.3 cm³/mol. The first-order chi connectivity index (χ1) is 7.11. The third-order valence-corrected chi connectivity index (χ3v) is 3.77. The van der Waals surface area contributed by atoms with Crippen LogP contribution >= 0.6 is 15.9 Å². The molecular formula is C12H13BrF2. The van der Waals surface area contributed by atoms with E-state index < -0.39 is 11.8 Å². The summed E-state index contributed by atoms with van der Waals surface area (Å²) in [7, 11) is 0. The minimum Gasteiger partial charge on any atom is -0.206 e. The Morgan fingerprint density at radius 3 is 2.60 bits per heavy atom. The standard InChI is InChI=1S/C12H13BrF2/c13-11-7-2-1-5-9(11)10-6-3-4-8-12(10,14)15/h1-2,5,7,10H,3-4,6,8H2. The summed E-state index contributed by atoms with van der Waals surface area (Å²) in [5.41, 5.74) is 0.752. The van der Waals surface area contributed by atoms with Crippen molar-refractivity contribution in [1.29, 1.82) is 0 Å². The van der Waals surface area contributed by atoms with E-state index >= 15 is 0 Å². The zero-order valence-electron chi connectivity index (χ0n) is 8.35. The highest BCUT2D eigenvalue weighted by Gasteiger charge is 2.42. The zero-order chi connectivity index (χ0) is 10.9. The van der Waals surface area contributed by atoms with Crippen LogP contribution in [-0.4, -0.2) is 5.92 Å². The number of benzene rings is 1. The van der Waals surface area contributed by atoms with Gasteiger partial charge in [-0.1, -0.05) is 40.5 Å². The summed E-state index contributed by atoms with van der Waals surface area (Å²) in [5.74, 6) is -3.15. The van der Waals surface area contributed by atoms with E-state index in [0.717, 1.165) is 16.5 Å². The first-order valence-electron chi connectivity index (χ1n) is 5.23. The molecule has 0 aromatic heterocycles. The van der Waals surface area contributed by atoms with Crippen LogP contribution in [0.2, 0.25) is 0 Å². The van der Waals surface area contributed by atoms with Crippen molar-refractivity contribution in [2.45, 2.75) is 37.5 Å². The Labute approximate surface area is 96.8 Å². The van der Waals surface area contributed by atoms with E-state index in [-0.39, 0.29) is 6.42 Å². The van der Waals surface area contributed by atoms with E-state index in [2.05, 4.69) is 15.9 Å². The third kappa shape index (κ3) is 2.22. The molecule has 3 heteroatoms. The predicted octanol–water partition coefficient (Wildman–Crippen LogP) is 4.74. The summed E-state index contributed by atoms with van der Waals surface area (Å²) in [6, 6.07) is 7.31. The van der Waals surface area contributed by atoms with Gasteiger partial charge in [-0.3, -0.25) is 0 Å². The van der Waals surface area contributed by atoms with Crippen molar-refractivity contribution < 1.29 is 8.78 Å². The highest BCUT2D eigenvalue weighted by molar-refractivity contribution is 9.10. The Hall–Kier alpha value is -0.440. The van der Waals surface area contributed by atoms with Gasteiger partial charge in [0, 0.05) is 16.8 Å². The molecule has 1 aromatic carbocycles. The van der Waals surface area contributed by atoms with Crippen molar-refractivity contribution in [3.63, 3.8) is 0 Å². The van der Waals surface area contributed by atoms with Crippen LogP contribution in [0.3, 0.4) is 0 Å². The van der Waals surface area contributed by atoms with Crippen molar-refractivity contribution in [3.8, 4) is 0 Å². The number of hydrogen-bond acceptors (Lipinski definition) is 0. The molecular weight excluding hydrogens is 262 g/mol. The molecule has 1 saturated carbocycles. The van der Waals surface area contributed by atoms with Gasteiger partial charge in [-0.05, 0) is 24.5 Å². The van der Waals surface area contributed by atoms with Gasteiger partial charge in [0.15, 0.2) is 0 Å². The van der Waals surface area contributed by atoms with Crippen molar-refractivity contribution in [2.24, 2.45) is 0 Å². The van der Waals surface area contributed by atoms with Crippen molar-refractivity contribution >= 4 is 15.9 Å². The molecule has 1 fully saturated rings. The normalized spacial score (nSPS) is 25.1. The lowest BCUT2D eigenvalue weighted by molar-refractivity contribution is -0.0549. The molecule has 0 amide bonds. The summed E-state index contributed by atoms with van der Waals surface area (Å²) in [6.07, 6.45) is 2.17. The topological polar surface area (TPSA) is 0 Å². The quantitative estimate of drug-likeness (QED) is 0.694. The molecule has 1 aliphatic rings. The van der Waals surface area contributed by atoms with Gasteiger partial charge in [0.2, 0.25) is 0 Å². The molecule has 2 rings (SSSR count). The molecule has 0 aliphatic heterocycles. The van der Waals surface area contributed by atoms with Gasteiger partial charge < -0.3 is 0 Å². The van der Waals surface area contributed by atoms with Crippen LogP contribution in [0.25, 0.3) is 0 Å². The molecule has 0 saturated heterocycles. The van der Waals surface area contributed by atoms with E-state index in [1.165, 1.54) is 0 Å². The fourth-order valence-electron chi connectivity index (χ4n) is 2.24. The Bertz CT molecular complexity index is 349. The molecule has 1 aliphatic carbocycles. The lowest BCUT2D eigenvalue weighted by atomic mass is 9.81. The van der Waals surface area contributed by atoms with Gasteiger partial charge in [0.05, 0.1) is 0 Å². The molecule has 0 heterocycles. The van der Waals surface area contributed by atoms with Crippen LogP contribution in [0.15, 0.2) is 28.7 Å². The maximum absolute atomic E-state index is 13.7. The highest BCUT2D eigenvalue weighted by Crippen LogP contribution is 2.46. The van der Waals surface area contributed by atoms with Crippen LogP contribution in [0.5, 0.6) is 0 Å². The Kier molecular flexibility index (Phi) is 3.10. The largest absolute Gasteiger partial charge is 0.254 e. The van der Waals surface area contributed by atoms with E-state index in [9.17, 15) is 8.78 Å². The molecule has 82 valence electrons. The number of alkyl halides is 2. The van der Waals surface area contributed by atoms with Crippen LogP contribution in [0, 0.1) is 0 Å². The SMILES string of the molecule is FC1(F)CCCCC1c1ccccc1Br. The van der Waals surface area contributed by atoms with Gasteiger partial charge in [-0.15, -0.1) is 0 Å². The number of hydrogen-bond donors (Lipinski definition) is 0.